The molecule has 0 aliphatic rings. The van der Waals surface area contributed by atoms with Crippen LogP contribution in [0.5, 0.6) is 5.88 Å². The smallest absolute Gasteiger partial charge is 0.232 e. The van der Waals surface area contributed by atoms with Gasteiger partial charge in [-0.05, 0) is 13.3 Å². The van der Waals surface area contributed by atoms with Crippen molar-refractivity contribution in [1.82, 2.24) is 9.97 Å². The second kappa shape index (κ2) is 3.23. The number of ether oxygens (including phenoxy) is 1. The number of aromatic nitrogens is 2. The third kappa shape index (κ3) is 2.05. The summed E-state index contributed by atoms with van der Waals surface area (Å²) in [6.45, 7) is 3.31. The molecule has 0 radical (unpaired) electrons. The van der Waals surface area contributed by atoms with Gasteiger partial charge in [-0.15, -0.1) is 0 Å². The second-order valence-electron chi connectivity index (χ2n) is 2.77. The minimum atomic E-state index is -2.28. The third-order valence-corrected chi connectivity index (χ3v) is 2.71. The molecule has 0 fully saturated rings. The summed E-state index contributed by atoms with van der Waals surface area (Å²) in [7, 11) is -0.763. The topological polar surface area (TPSA) is 52.1 Å². The Labute approximate surface area is 71.4 Å². The quantitative estimate of drug-likeness (QED) is 0.639. The Morgan fingerprint density at radius 3 is 2.33 bits per heavy atom. The SMILES string of the molecule is COc1cnc(P(C)(C)=O)cn1. The molecule has 0 atom stereocenters. The fourth-order valence-corrected chi connectivity index (χ4v) is 1.36. The first-order valence-electron chi connectivity index (χ1n) is 3.45. The molecule has 1 rings (SSSR count). The lowest BCUT2D eigenvalue weighted by Crippen LogP contribution is -2.08. The van der Waals surface area contributed by atoms with Crippen LogP contribution >= 0.6 is 7.14 Å². The van der Waals surface area contributed by atoms with Crippen LogP contribution in [0.4, 0.5) is 0 Å². The summed E-state index contributed by atoms with van der Waals surface area (Å²) in [6, 6.07) is 0. The van der Waals surface area contributed by atoms with E-state index in [-0.39, 0.29) is 0 Å². The van der Waals surface area contributed by atoms with E-state index in [0.717, 1.165) is 0 Å². The highest BCUT2D eigenvalue weighted by Crippen LogP contribution is 2.32. The first-order valence-corrected chi connectivity index (χ1v) is 6.06. The second-order valence-corrected chi connectivity index (χ2v) is 5.93. The normalized spacial score (nSPS) is 11.2. The first-order chi connectivity index (χ1) is 5.54. The van der Waals surface area contributed by atoms with Gasteiger partial charge in [0.05, 0.1) is 19.5 Å². The first kappa shape index (κ1) is 9.20. The van der Waals surface area contributed by atoms with Gasteiger partial charge in [-0.1, -0.05) is 0 Å². The molecule has 0 bridgehead atoms. The highest BCUT2D eigenvalue weighted by Gasteiger charge is 2.12. The molecule has 4 nitrogen and oxygen atoms in total. The van der Waals surface area contributed by atoms with E-state index >= 15 is 0 Å². The molecule has 0 amide bonds. The molecule has 0 saturated heterocycles. The molecule has 0 unspecified atom stereocenters. The molecular weight excluding hydrogens is 175 g/mol. The number of hydrogen-bond donors (Lipinski definition) is 0. The Balaban J connectivity index is 3.01. The molecule has 1 aromatic heterocycles. The Bertz CT molecular complexity index is 304. The number of hydrogen-bond acceptors (Lipinski definition) is 4. The predicted octanol–water partition coefficient (Wildman–Crippen LogP) is 0.733. The van der Waals surface area contributed by atoms with Crippen molar-refractivity contribution in [2.75, 3.05) is 20.4 Å². The van der Waals surface area contributed by atoms with E-state index in [4.69, 9.17) is 4.74 Å². The maximum absolute atomic E-state index is 11.5. The number of methoxy groups -OCH3 is 1. The van der Waals surface area contributed by atoms with Crippen LogP contribution in [0.2, 0.25) is 0 Å². The van der Waals surface area contributed by atoms with Crippen molar-refractivity contribution >= 4 is 12.6 Å². The van der Waals surface area contributed by atoms with Crippen LogP contribution in [-0.4, -0.2) is 30.4 Å². The van der Waals surface area contributed by atoms with E-state index < -0.39 is 7.14 Å². The lowest BCUT2D eigenvalue weighted by atomic mass is 10.7. The van der Waals surface area contributed by atoms with Crippen molar-refractivity contribution in [1.29, 1.82) is 0 Å². The molecule has 12 heavy (non-hydrogen) atoms. The lowest BCUT2D eigenvalue weighted by Gasteiger charge is -2.04. The van der Waals surface area contributed by atoms with Gasteiger partial charge in [-0.2, -0.15) is 0 Å². The van der Waals surface area contributed by atoms with Crippen molar-refractivity contribution in [2.24, 2.45) is 0 Å². The molecule has 1 aromatic rings. The molecule has 0 aromatic carbocycles. The zero-order valence-corrected chi connectivity index (χ0v) is 8.21. The highest BCUT2D eigenvalue weighted by atomic mass is 31.2. The van der Waals surface area contributed by atoms with Gasteiger partial charge in [0.2, 0.25) is 5.88 Å². The summed E-state index contributed by atoms with van der Waals surface area (Å²) in [4.78, 5) is 7.88. The molecule has 0 N–H and O–H groups in total. The molecule has 0 saturated carbocycles. The van der Waals surface area contributed by atoms with E-state index in [1.807, 2.05) is 0 Å². The van der Waals surface area contributed by atoms with E-state index in [9.17, 15) is 4.57 Å². The van der Waals surface area contributed by atoms with Crippen molar-refractivity contribution in [3.63, 3.8) is 0 Å². The molecule has 5 heteroatoms. The third-order valence-electron chi connectivity index (χ3n) is 1.38. The van der Waals surface area contributed by atoms with Gasteiger partial charge in [0.1, 0.15) is 12.6 Å². The van der Waals surface area contributed by atoms with E-state index in [0.29, 0.717) is 11.3 Å². The summed E-state index contributed by atoms with van der Waals surface area (Å²) < 4.78 is 16.3. The molecule has 0 aliphatic heterocycles. The van der Waals surface area contributed by atoms with E-state index in [1.54, 1.807) is 13.3 Å². The van der Waals surface area contributed by atoms with Crippen molar-refractivity contribution in [2.45, 2.75) is 0 Å². The lowest BCUT2D eigenvalue weighted by molar-refractivity contribution is 0.396. The minimum absolute atomic E-state index is 0.437. The zero-order valence-electron chi connectivity index (χ0n) is 7.31. The highest BCUT2D eigenvalue weighted by molar-refractivity contribution is 7.69. The molecule has 1 heterocycles. The fourth-order valence-electron chi connectivity index (χ4n) is 0.693. The summed E-state index contributed by atoms with van der Waals surface area (Å²) >= 11 is 0. The standard InChI is InChI=1S/C7H11N2O2P/c1-11-6-4-9-7(5-8-6)12(2,3)10/h4-5H,1-3H3. The van der Waals surface area contributed by atoms with Gasteiger partial charge in [0.25, 0.3) is 0 Å². The monoisotopic (exact) mass is 186 g/mol. The van der Waals surface area contributed by atoms with Crippen molar-refractivity contribution in [3.05, 3.63) is 12.4 Å². The molecule has 0 spiro atoms. The van der Waals surface area contributed by atoms with Crippen LogP contribution in [0.25, 0.3) is 0 Å². The maximum atomic E-state index is 11.5. The van der Waals surface area contributed by atoms with E-state index in [1.165, 1.54) is 19.5 Å². The summed E-state index contributed by atoms with van der Waals surface area (Å²) in [6.07, 6.45) is 2.95. The number of nitrogens with zero attached hydrogens (tertiary/aromatic N) is 2. The van der Waals surface area contributed by atoms with Crippen LogP contribution in [-0.2, 0) is 4.57 Å². The summed E-state index contributed by atoms with van der Waals surface area (Å²) in [5.41, 5.74) is 0.531. The van der Waals surface area contributed by atoms with Crippen LogP contribution < -0.4 is 10.2 Å². The van der Waals surface area contributed by atoms with Crippen LogP contribution in [0.1, 0.15) is 0 Å². The van der Waals surface area contributed by atoms with Crippen molar-refractivity contribution in [3.8, 4) is 5.88 Å². The van der Waals surface area contributed by atoms with Gasteiger partial charge in [-0.25, -0.2) is 9.97 Å². The average molecular weight is 186 g/mol. The van der Waals surface area contributed by atoms with Crippen LogP contribution in [0.3, 0.4) is 0 Å². The van der Waals surface area contributed by atoms with Gasteiger partial charge >= 0.3 is 0 Å². The van der Waals surface area contributed by atoms with Gasteiger partial charge in [-0.3, -0.25) is 0 Å². The Morgan fingerprint density at radius 1 is 1.33 bits per heavy atom. The Hall–Kier alpha value is -0.890. The van der Waals surface area contributed by atoms with Crippen LogP contribution in [0.15, 0.2) is 12.4 Å². The Kier molecular flexibility index (Phi) is 2.48. The maximum Gasteiger partial charge on any atom is 0.232 e. The summed E-state index contributed by atoms with van der Waals surface area (Å²) in [5, 5.41) is 0. The van der Waals surface area contributed by atoms with E-state index in [2.05, 4.69) is 9.97 Å². The van der Waals surface area contributed by atoms with Crippen molar-refractivity contribution < 1.29 is 9.30 Å². The Morgan fingerprint density at radius 2 is 2.00 bits per heavy atom. The summed E-state index contributed by atoms with van der Waals surface area (Å²) in [5.74, 6) is 0.437. The molecular formula is C7H11N2O2P. The minimum Gasteiger partial charge on any atom is -0.480 e. The zero-order chi connectivity index (χ0) is 9.19. The molecule has 66 valence electrons. The van der Waals surface area contributed by atoms with Gasteiger partial charge < -0.3 is 9.30 Å². The van der Waals surface area contributed by atoms with Gasteiger partial charge in [0, 0.05) is 0 Å². The van der Waals surface area contributed by atoms with Gasteiger partial charge in [0.15, 0.2) is 0 Å². The molecule has 0 aliphatic carbocycles. The van der Waals surface area contributed by atoms with Crippen LogP contribution in [0, 0.1) is 0 Å². The number of rotatable bonds is 2. The fraction of sp³-hybridized carbons (Fsp3) is 0.429. The average Bonchev–Trinajstić information content (AvgIpc) is 2.03. The predicted molar refractivity (Wildman–Crippen MR) is 47.7 cm³/mol. The largest absolute Gasteiger partial charge is 0.480 e.